The highest BCUT2D eigenvalue weighted by Crippen LogP contribution is 2.39. The Morgan fingerprint density at radius 2 is 1.86 bits per heavy atom. The van der Waals surface area contributed by atoms with Gasteiger partial charge in [0.15, 0.2) is 17.3 Å². The summed E-state index contributed by atoms with van der Waals surface area (Å²) in [6.07, 6.45) is 1.87. The van der Waals surface area contributed by atoms with Crippen LogP contribution in [0.1, 0.15) is 34.1 Å². The third-order valence-electron chi connectivity index (χ3n) is 5.93. The first-order valence-corrected chi connectivity index (χ1v) is 11.2. The number of aromatic nitrogens is 1. The molecule has 3 heterocycles. The van der Waals surface area contributed by atoms with Gasteiger partial charge in [-0.2, -0.15) is 5.10 Å². The molecule has 5 rings (SSSR count). The molecule has 0 saturated heterocycles. The molecule has 8 nitrogen and oxygen atoms in total. The van der Waals surface area contributed by atoms with Crippen LogP contribution in [0.4, 0.5) is 0 Å². The zero-order chi connectivity index (χ0) is 24.5. The van der Waals surface area contributed by atoms with Gasteiger partial charge in [-0.15, -0.1) is 0 Å². The summed E-state index contributed by atoms with van der Waals surface area (Å²) in [4.78, 5) is 17.9. The van der Waals surface area contributed by atoms with Gasteiger partial charge in [0.2, 0.25) is 0 Å². The van der Waals surface area contributed by atoms with E-state index in [1.165, 1.54) is 11.3 Å². The van der Waals surface area contributed by atoms with Gasteiger partial charge < -0.3 is 18.6 Å². The predicted molar refractivity (Wildman–Crippen MR) is 132 cm³/mol. The Labute approximate surface area is 206 Å². The Bertz CT molecular complexity index is 1430. The first-order valence-electron chi connectivity index (χ1n) is 10.8. The zero-order valence-corrected chi connectivity index (χ0v) is 20.1. The quantitative estimate of drug-likeness (QED) is 0.331. The second kappa shape index (κ2) is 9.31. The molecule has 1 atom stereocenters. The molecule has 2 aromatic heterocycles. The molecule has 0 fully saturated rings. The summed E-state index contributed by atoms with van der Waals surface area (Å²) in [6.45, 7) is 0. The minimum Gasteiger partial charge on any atom is -0.497 e. The molecule has 35 heavy (non-hydrogen) atoms. The lowest BCUT2D eigenvalue weighted by Gasteiger charge is -2.22. The molecule has 0 spiro atoms. The maximum absolute atomic E-state index is 13.4. The lowest BCUT2D eigenvalue weighted by Crippen LogP contribution is -2.27. The first-order chi connectivity index (χ1) is 17.0. The van der Waals surface area contributed by atoms with Gasteiger partial charge in [-0.3, -0.25) is 4.79 Å². The van der Waals surface area contributed by atoms with E-state index in [-0.39, 0.29) is 11.7 Å². The van der Waals surface area contributed by atoms with Gasteiger partial charge in [-0.05, 0) is 54.6 Å². The Hall–Kier alpha value is -4.04. The largest absolute Gasteiger partial charge is 0.497 e. The standard InChI is InChI=1S/C26H22ClN3O5/c1-32-17-7-8-19-16(11-17)12-18(25(27)28-19)21-14-20(15-6-9-22(33-2)24(13-15)34-3)29-30(21)26(31)23-5-4-10-35-23/h4-13,21H,14H2,1-3H3. The number of rotatable bonds is 6. The number of hydrazone groups is 1. The lowest BCUT2D eigenvalue weighted by atomic mass is 9.98. The average molecular weight is 492 g/mol. The van der Waals surface area contributed by atoms with E-state index >= 15 is 0 Å². The maximum atomic E-state index is 13.4. The van der Waals surface area contributed by atoms with Crippen LogP contribution >= 0.6 is 11.6 Å². The van der Waals surface area contributed by atoms with E-state index in [4.69, 9.17) is 35.3 Å². The van der Waals surface area contributed by atoms with Crippen molar-refractivity contribution in [3.63, 3.8) is 0 Å². The SMILES string of the molecule is COc1ccc2nc(Cl)c(C3CC(c4ccc(OC)c(OC)c4)=NN3C(=O)c3ccco3)cc2c1. The summed E-state index contributed by atoms with van der Waals surface area (Å²) >= 11 is 6.64. The van der Waals surface area contributed by atoms with Gasteiger partial charge in [0, 0.05) is 22.9 Å². The van der Waals surface area contributed by atoms with Gasteiger partial charge in [0.05, 0.1) is 44.9 Å². The number of amides is 1. The molecule has 2 aromatic carbocycles. The molecule has 0 radical (unpaired) electrons. The maximum Gasteiger partial charge on any atom is 0.310 e. The molecule has 0 saturated carbocycles. The van der Waals surface area contributed by atoms with E-state index in [9.17, 15) is 4.79 Å². The van der Waals surface area contributed by atoms with Crippen molar-refractivity contribution in [2.45, 2.75) is 12.5 Å². The van der Waals surface area contributed by atoms with E-state index in [1.807, 2.05) is 36.4 Å². The number of ether oxygens (including phenoxy) is 3. The molecule has 1 unspecified atom stereocenters. The van der Waals surface area contributed by atoms with Crippen molar-refractivity contribution in [2.75, 3.05) is 21.3 Å². The monoisotopic (exact) mass is 491 g/mol. The Morgan fingerprint density at radius 1 is 1.03 bits per heavy atom. The Balaban J connectivity index is 1.60. The fraction of sp³-hybridized carbons (Fsp3) is 0.192. The molecular weight excluding hydrogens is 470 g/mol. The summed E-state index contributed by atoms with van der Waals surface area (Å²) in [5, 5.41) is 7.23. The number of furan rings is 1. The van der Waals surface area contributed by atoms with Gasteiger partial charge in [-0.1, -0.05) is 11.6 Å². The molecule has 4 aromatic rings. The van der Waals surface area contributed by atoms with Crippen molar-refractivity contribution in [1.29, 1.82) is 0 Å². The minimum atomic E-state index is -0.494. The summed E-state index contributed by atoms with van der Waals surface area (Å²) in [6, 6.07) is 15.8. The number of carbonyl (C=O) groups excluding carboxylic acids is 1. The van der Waals surface area contributed by atoms with Crippen molar-refractivity contribution in [1.82, 2.24) is 9.99 Å². The topological polar surface area (TPSA) is 86.4 Å². The fourth-order valence-electron chi connectivity index (χ4n) is 4.15. The van der Waals surface area contributed by atoms with Crippen LogP contribution in [0.2, 0.25) is 5.15 Å². The number of halogens is 1. The highest BCUT2D eigenvalue weighted by Gasteiger charge is 2.36. The van der Waals surface area contributed by atoms with E-state index in [2.05, 4.69) is 4.98 Å². The lowest BCUT2D eigenvalue weighted by molar-refractivity contribution is 0.0678. The average Bonchev–Trinajstić information content (AvgIpc) is 3.58. The number of nitrogens with zero attached hydrogens (tertiary/aromatic N) is 3. The molecule has 0 N–H and O–H groups in total. The highest BCUT2D eigenvalue weighted by molar-refractivity contribution is 6.30. The van der Waals surface area contributed by atoms with Crippen molar-refractivity contribution >= 4 is 34.1 Å². The summed E-state index contributed by atoms with van der Waals surface area (Å²) < 4.78 is 21.5. The van der Waals surface area contributed by atoms with Gasteiger partial charge in [-0.25, -0.2) is 9.99 Å². The van der Waals surface area contributed by atoms with E-state index < -0.39 is 6.04 Å². The van der Waals surface area contributed by atoms with Crippen LogP contribution in [0.15, 0.2) is 70.4 Å². The molecule has 1 aliphatic heterocycles. The number of carbonyl (C=O) groups is 1. The van der Waals surface area contributed by atoms with Crippen molar-refractivity contribution in [2.24, 2.45) is 5.10 Å². The summed E-state index contributed by atoms with van der Waals surface area (Å²) in [7, 11) is 4.76. The molecule has 1 aliphatic rings. The van der Waals surface area contributed by atoms with Crippen LogP contribution in [-0.4, -0.2) is 42.9 Å². The minimum absolute atomic E-state index is 0.179. The fourth-order valence-corrected chi connectivity index (χ4v) is 4.42. The molecular formula is C26H22ClN3O5. The van der Waals surface area contributed by atoms with Gasteiger partial charge in [0.1, 0.15) is 10.9 Å². The summed E-state index contributed by atoms with van der Waals surface area (Å²) in [5.41, 5.74) is 2.89. The van der Waals surface area contributed by atoms with Crippen LogP contribution < -0.4 is 14.2 Å². The van der Waals surface area contributed by atoms with Gasteiger partial charge >= 0.3 is 5.91 Å². The molecule has 1 amide bonds. The number of hydrogen-bond donors (Lipinski definition) is 0. The second-order valence-corrected chi connectivity index (χ2v) is 8.25. The van der Waals surface area contributed by atoms with Crippen LogP contribution in [0, 0.1) is 0 Å². The number of benzene rings is 2. The third-order valence-corrected chi connectivity index (χ3v) is 6.23. The normalized spacial score (nSPS) is 15.3. The van der Waals surface area contributed by atoms with Crippen LogP contribution in [-0.2, 0) is 0 Å². The molecule has 0 bridgehead atoms. The molecule has 9 heteroatoms. The Morgan fingerprint density at radius 3 is 2.57 bits per heavy atom. The van der Waals surface area contributed by atoms with E-state index in [0.717, 1.165) is 16.5 Å². The Kier molecular flexibility index (Phi) is 6.05. The number of fused-ring (bicyclic) bond motifs is 1. The van der Waals surface area contributed by atoms with Crippen LogP contribution in [0.5, 0.6) is 17.2 Å². The van der Waals surface area contributed by atoms with Gasteiger partial charge in [0.25, 0.3) is 0 Å². The smallest absolute Gasteiger partial charge is 0.310 e. The van der Waals surface area contributed by atoms with Crippen LogP contribution in [0.3, 0.4) is 0 Å². The van der Waals surface area contributed by atoms with Crippen molar-refractivity contribution in [3.8, 4) is 17.2 Å². The zero-order valence-electron chi connectivity index (χ0n) is 19.3. The van der Waals surface area contributed by atoms with E-state index in [0.29, 0.717) is 40.1 Å². The number of pyridine rings is 1. The van der Waals surface area contributed by atoms with Crippen molar-refractivity contribution < 1.29 is 23.4 Å². The molecule has 0 aliphatic carbocycles. The highest BCUT2D eigenvalue weighted by atomic mass is 35.5. The number of hydrogen-bond acceptors (Lipinski definition) is 7. The molecule has 178 valence electrons. The third kappa shape index (κ3) is 4.17. The predicted octanol–water partition coefficient (Wildman–Crippen LogP) is 5.50. The van der Waals surface area contributed by atoms with Crippen molar-refractivity contribution in [3.05, 3.63) is 82.9 Å². The number of methoxy groups -OCH3 is 3. The summed E-state index contributed by atoms with van der Waals surface area (Å²) in [5.74, 6) is 1.67. The first kappa shape index (κ1) is 22.7. The second-order valence-electron chi connectivity index (χ2n) is 7.89. The van der Waals surface area contributed by atoms with Crippen LogP contribution in [0.25, 0.3) is 10.9 Å². The van der Waals surface area contributed by atoms with E-state index in [1.54, 1.807) is 39.5 Å².